The largest absolute Gasteiger partial charge is 0.411 e. The van der Waals surface area contributed by atoms with Gasteiger partial charge in [0.05, 0.1) is 12.3 Å². The standard InChI is InChI=1S/C11H12ClNO2/c12-8-3-1-2-7(4-8)9-5-11(13-15)10(9)6-14/h1-4,9-10,14-15H,5-6H2. The Bertz CT molecular complexity index is 392. The highest BCUT2D eigenvalue weighted by atomic mass is 35.5. The first-order chi connectivity index (χ1) is 7.26. The summed E-state index contributed by atoms with van der Waals surface area (Å²) in [4.78, 5) is 0. The van der Waals surface area contributed by atoms with E-state index in [9.17, 15) is 0 Å². The summed E-state index contributed by atoms with van der Waals surface area (Å²) in [5.41, 5.74) is 1.76. The number of hydrogen-bond acceptors (Lipinski definition) is 3. The van der Waals surface area contributed by atoms with E-state index in [-0.39, 0.29) is 18.4 Å². The Morgan fingerprint density at radius 1 is 1.47 bits per heavy atom. The molecule has 4 heteroatoms. The first kappa shape index (κ1) is 10.5. The third kappa shape index (κ3) is 1.85. The Labute approximate surface area is 93.0 Å². The third-order valence-corrected chi connectivity index (χ3v) is 3.18. The molecule has 1 saturated carbocycles. The van der Waals surface area contributed by atoms with Crippen LogP contribution in [-0.4, -0.2) is 22.6 Å². The second-order valence-electron chi connectivity index (χ2n) is 3.75. The second-order valence-corrected chi connectivity index (χ2v) is 4.18. The molecule has 2 rings (SSSR count). The van der Waals surface area contributed by atoms with Crippen LogP contribution in [-0.2, 0) is 0 Å². The van der Waals surface area contributed by atoms with Gasteiger partial charge in [0, 0.05) is 10.9 Å². The van der Waals surface area contributed by atoms with E-state index in [1.54, 1.807) is 0 Å². The van der Waals surface area contributed by atoms with Gasteiger partial charge < -0.3 is 10.3 Å². The van der Waals surface area contributed by atoms with E-state index in [0.29, 0.717) is 17.2 Å². The van der Waals surface area contributed by atoms with Crippen molar-refractivity contribution in [3.05, 3.63) is 34.9 Å². The van der Waals surface area contributed by atoms with Gasteiger partial charge in [0.1, 0.15) is 0 Å². The van der Waals surface area contributed by atoms with Crippen molar-refractivity contribution < 1.29 is 10.3 Å². The molecule has 0 radical (unpaired) electrons. The highest BCUT2D eigenvalue weighted by Crippen LogP contribution is 2.40. The molecule has 1 aromatic carbocycles. The maximum Gasteiger partial charge on any atom is 0.0637 e. The predicted molar refractivity (Wildman–Crippen MR) is 58.6 cm³/mol. The summed E-state index contributed by atoms with van der Waals surface area (Å²) >= 11 is 5.89. The van der Waals surface area contributed by atoms with Crippen LogP contribution in [0.2, 0.25) is 5.02 Å². The number of aliphatic hydroxyl groups excluding tert-OH is 1. The van der Waals surface area contributed by atoms with Gasteiger partial charge in [-0.05, 0) is 30.0 Å². The lowest BCUT2D eigenvalue weighted by molar-refractivity contribution is 0.213. The molecule has 2 unspecified atom stereocenters. The van der Waals surface area contributed by atoms with E-state index in [1.807, 2.05) is 24.3 Å². The summed E-state index contributed by atoms with van der Waals surface area (Å²) in [5.74, 6) is 0.160. The molecule has 3 nitrogen and oxygen atoms in total. The molecule has 0 saturated heterocycles. The third-order valence-electron chi connectivity index (χ3n) is 2.94. The molecular formula is C11H12ClNO2. The summed E-state index contributed by atoms with van der Waals surface area (Å²) in [7, 11) is 0. The minimum absolute atomic E-state index is 0.0105. The second kappa shape index (κ2) is 4.21. The first-order valence-corrected chi connectivity index (χ1v) is 5.21. The molecule has 0 heterocycles. The lowest BCUT2D eigenvalue weighted by atomic mass is 9.69. The van der Waals surface area contributed by atoms with E-state index in [2.05, 4.69) is 5.16 Å². The number of benzene rings is 1. The molecule has 0 amide bonds. The van der Waals surface area contributed by atoms with Crippen LogP contribution in [0.3, 0.4) is 0 Å². The monoisotopic (exact) mass is 225 g/mol. The molecule has 0 aliphatic heterocycles. The number of hydrogen-bond donors (Lipinski definition) is 2. The molecule has 2 N–H and O–H groups in total. The highest BCUT2D eigenvalue weighted by molar-refractivity contribution is 6.30. The molecule has 15 heavy (non-hydrogen) atoms. The summed E-state index contributed by atoms with van der Waals surface area (Å²) in [5, 5.41) is 21.7. The Kier molecular flexibility index (Phi) is 2.93. The average Bonchev–Trinajstić information content (AvgIpc) is 2.18. The summed E-state index contributed by atoms with van der Waals surface area (Å²) < 4.78 is 0. The summed E-state index contributed by atoms with van der Waals surface area (Å²) in [6, 6.07) is 7.58. The van der Waals surface area contributed by atoms with Crippen molar-refractivity contribution in [1.29, 1.82) is 0 Å². The Morgan fingerprint density at radius 2 is 2.27 bits per heavy atom. The molecular weight excluding hydrogens is 214 g/mol. The van der Waals surface area contributed by atoms with Crippen LogP contribution in [0.5, 0.6) is 0 Å². The van der Waals surface area contributed by atoms with E-state index in [4.69, 9.17) is 21.9 Å². The molecule has 1 aliphatic rings. The smallest absolute Gasteiger partial charge is 0.0637 e. The van der Waals surface area contributed by atoms with E-state index in [0.717, 1.165) is 5.56 Å². The van der Waals surface area contributed by atoms with Crippen LogP contribution >= 0.6 is 11.6 Å². The van der Waals surface area contributed by atoms with Gasteiger partial charge in [0.2, 0.25) is 0 Å². The van der Waals surface area contributed by atoms with Crippen molar-refractivity contribution in [3.63, 3.8) is 0 Å². The molecule has 2 atom stereocenters. The van der Waals surface area contributed by atoms with Gasteiger partial charge in [0.15, 0.2) is 0 Å². The van der Waals surface area contributed by atoms with Gasteiger partial charge in [0.25, 0.3) is 0 Å². The van der Waals surface area contributed by atoms with Crippen LogP contribution in [0.15, 0.2) is 29.4 Å². The zero-order valence-corrected chi connectivity index (χ0v) is 8.85. The SMILES string of the molecule is OCC1C(=NO)CC1c1cccc(Cl)c1. The maximum atomic E-state index is 9.16. The fraction of sp³-hybridized carbons (Fsp3) is 0.364. The van der Waals surface area contributed by atoms with Crippen LogP contribution < -0.4 is 0 Å². The van der Waals surface area contributed by atoms with Crippen LogP contribution in [0, 0.1) is 5.92 Å². The molecule has 0 spiro atoms. The van der Waals surface area contributed by atoms with Crippen molar-refractivity contribution in [3.8, 4) is 0 Å². The maximum absolute atomic E-state index is 9.16. The van der Waals surface area contributed by atoms with Gasteiger partial charge in [-0.1, -0.05) is 28.9 Å². The summed E-state index contributed by atoms with van der Waals surface area (Å²) in [6.45, 7) is 0.0105. The molecule has 1 fully saturated rings. The molecule has 1 aliphatic carbocycles. The van der Waals surface area contributed by atoms with Gasteiger partial charge in [-0.2, -0.15) is 0 Å². The topological polar surface area (TPSA) is 52.8 Å². The van der Waals surface area contributed by atoms with Crippen molar-refractivity contribution in [2.45, 2.75) is 12.3 Å². The first-order valence-electron chi connectivity index (χ1n) is 4.83. The number of rotatable bonds is 2. The van der Waals surface area contributed by atoms with Gasteiger partial charge in [-0.25, -0.2) is 0 Å². The Hall–Kier alpha value is -1.06. The average molecular weight is 226 g/mol. The number of halogens is 1. The molecule has 0 aromatic heterocycles. The normalized spacial score (nSPS) is 27.7. The minimum Gasteiger partial charge on any atom is -0.411 e. The fourth-order valence-electron chi connectivity index (χ4n) is 2.03. The van der Waals surface area contributed by atoms with Crippen LogP contribution in [0.4, 0.5) is 0 Å². The Morgan fingerprint density at radius 3 is 2.87 bits per heavy atom. The van der Waals surface area contributed by atoms with E-state index in [1.165, 1.54) is 0 Å². The summed E-state index contributed by atoms with van der Waals surface area (Å²) in [6.07, 6.45) is 0.696. The zero-order chi connectivity index (χ0) is 10.8. The van der Waals surface area contributed by atoms with Crippen molar-refractivity contribution >= 4 is 17.3 Å². The van der Waals surface area contributed by atoms with Crippen molar-refractivity contribution in [2.75, 3.05) is 6.61 Å². The molecule has 1 aromatic rings. The minimum atomic E-state index is -0.0616. The lowest BCUT2D eigenvalue weighted by Crippen LogP contribution is -2.38. The Balaban J connectivity index is 2.20. The van der Waals surface area contributed by atoms with Crippen LogP contribution in [0.25, 0.3) is 0 Å². The number of aliphatic hydroxyl groups is 1. The van der Waals surface area contributed by atoms with Crippen molar-refractivity contribution in [1.82, 2.24) is 0 Å². The van der Waals surface area contributed by atoms with E-state index >= 15 is 0 Å². The molecule has 0 bridgehead atoms. The lowest BCUT2D eigenvalue weighted by Gasteiger charge is -2.36. The zero-order valence-electron chi connectivity index (χ0n) is 8.10. The molecule has 80 valence electrons. The highest BCUT2D eigenvalue weighted by Gasteiger charge is 2.38. The number of nitrogens with zero attached hydrogens (tertiary/aromatic N) is 1. The number of oxime groups is 1. The quantitative estimate of drug-likeness (QED) is 0.599. The van der Waals surface area contributed by atoms with E-state index < -0.39 is 0 Å². The fourth-order valence-corrected chi connectivity index (χ4v) is 2.22. The van der Waals surface area contributed by atoms with Crippen molar-refractivity contribution in [2.24, 2.45) is 11.1 Å². The predicted octanol–water partition coefficient (Wildman–Crippen LogP) is 2.27. The van der Waals surface area contributed by atoms with Gasteiger partial charge >= 0.3 is 0 Å². The van der Waals surface area contributed by atoms with Gasteiger partial charge in [-0.15, -0.1) is 0 Å². The van der Waals surface area contributed by atoms with Gasteiger partial charge in [-0.3, -0.25) is 0 Å². The van der Waals surface area contributed by atoms with Crippen LogP contribution in [0.1, 0.15) is 17.9 Å².